The molecule has 0 unspecified atom stereocenters. The average Bonchev–Trinajstić information content (AvgIpc) is 2.38. The Morgan fingerprint density at radius 3 is 2.38 bits per heavy atom. The minimum absolute atomic E-state index is 0.0969. The van der Waals surface area contributed by atoms with E-state index in [1.807, 2.05) is 0 Å². The van der Waals surface area contributed by atoms with Crippen molar-refractivity contribution in [2.24, 2.45) is 0 Å². The first kappa shape index (κ1) is 15.2. The van der Waals surface area contributed by atoms with Crippen LogP contribution in [0.15, 0.2) is 45.4 Å². The highest BCUT2D eigenvalue weighted by molar-refractivity contribution is 7.99. The Bertz CT molecular complexity index is 790. The van der Waals surface area contributed by atoms with Crippen molar-refractivity contribution in [3.63, 3.8) is 0 Å². The molecule has 2 aromatic rings. The number of aromatic nitrogens is 2. The highest BCUT2D eigenvalue weighted by atomic mass is 32.2. The van der Waals surface area contributed by atoms with Gasteiger partial charge < -0.3 is 5.73 Å². The Kier molecular flexibility index (Phi) is 4.09. The highest BCUT2D eigenvalue weighted by Crippen LogP contribution is 2.35. The first-order valence-corrected chi connectivity index (χ1v) is 8.22. The van der Waals surface area contributed by atoms with E-state index >= 15 is 0 Å². The zero-order valence-corrected chi connectivity index (χ0v) is 12.4. The van der Waals surface area contributed by atoms with E-state index in [1.165, 1.54) is 12.1 Å². The third-order valence-corrected chi connectivity index (χ3v) is 4.59. The Balaban J connectivity index is 2.35. The fourth-order valence-electron chi connectivity index (χ4n) is 1.49. The molecule has 0 radical (unpaired) electrons. The highest BCUT2D eigenvalue weighted by Gasteiger charge is 2.21. The minimum Gasteiger partial charge on any atom is -0.378 e. The van der Waals surface area contributed by atoms with E-state index < -0.39 is 14.8 Å². The summed E-state index contributed by atoms with van der Waals surface area (Å²) < 4.78 is 22.7. The molecule has 0 atom stereocenters. The lowest BCUT2D eigenvalue weighted by Gasteiger charge is -2.04. The molecule has 0 aliphatic rings. The number of rotatable bonds is 4. The Labute approximate surface area is 124 Å². The number of anilines is 1. The first-order valence-electron chi connectivity index (χ1n) is 5.52. The molecule has 0 bridgehead atoms. The number of nitrogens with two attached hydrogens (primary N) is 1. The van der Waals surface area contributed by atoms with E-state index in [-0.39, 0.29) is 21.4 Å². The molecule has 8 nitrogen and oxygen atoms in total. The van der Waals surface area contributed by atoms with Crippen molar-refractivity contribution >= 4 is 33.1 Å². The van der Waals surface area contributed by atoms with Crippen molar-refractivity contribution in [2.45, 2.75) is 14.8 Å². The topological polar surface area (TPSA) is 129 Å². The maximum absolute atomic E-state index is 11.4. The van der Waals surface area contributed by atoms with Crippen LogP contribution in [-0.2, 0) is 9.84 Å². The molecule has 0 fully saturated rings. The molecule has 0 saturated carbocycles. The van der Waals surface area contributed by atoms with Crippen LogP contribution in [-0.4, -0.2) is 29.6 Å². The standard InChI is InChI=1S/C11H10N4O4S2/c1-21(18,19)8-4-2-7(3-5-8)20-11-9(15(16)17)10(12)13-6-14-11/h2-6H,1H3,(H2,12,13,14). The number of hydrogen-bond donors (Lipinski definition) is 1. The van der Waals surface area contributed by atoms with Crippen LogP contribution in [0.2, 0.25) is 0 Å². The number of nitro groups is 1. The molecule has 0 saturated heterocycles. The summed E-state index contributed by atoms with van der Waals surface area (Å²) in [5.41, 5.74) is 5.11. The lowest BCUT2D eigenvalue weighted by molar-refractivity contribution is -0.387. The van der Waals surface area contributed by atoms with Gasteiger partial charge >= 0.3 is 5.69 Å². The second kappa shape index (κ2) is 5.66. The van der Waals surface area contributed by atoms with Crippen LogP contribution in [0.25, 0.3) is 0 Å². The molecule has 1 aromatic carbocycles. The number of hydrogen-bond acceptors (Lipinski definition) is 8. The first-order chi connectivity index (χ1) is 9.79. The number of nitrogens with zero attached hydrogens (tertiary/aromatic N) is 3. The summed E-state index contributed by atoms with van der Waals surface area (Å²) in [5, 5.41) is 11.1. The van der Waals surface area contributed by atoms with Gasteiger partial charge in [-0.25, -0.2) is 18.4 Å². The summed E-state index contributed by atoms with van der Waals surface area (Å²) >= 11 is 1.01. The zero-order valence-electron chi connectivity index (χ0n) is 10.8. The Morgan fingerprint density at radius 2 is 1.86 bits per heavy atom. The van der Waals surface area contributed by atoms with E-state index in [0.717, 1.165) is 24.3 Å². The molecule has 0 aliphatic heterocycles. The minimum atomic E-state index is -3.28. The zero-order chi connectivity index (χ0) is 15.6. The van der Waals surface area contributed by atoms with Crippen LogP contribution in [0, 0.1) is 10.1 Å². The maximum atomic E-state index is 11.4. The van der Waals surface area contributed by atoms with Gasteiger partial charge in [0.2, 0.25) is 5.82 Å². The van der Waals surface area contributed by atoms with E-state index in [9.17, 15) is 18.5 Å². The van der Waals surface area contributed by atoms with Gasteiger partial charge in [-0.2, -0.15) is 0 Å². The SMILES string of the molecule is CS(=O)(=O)c1ccc(Sc2ncnc(N)c2[N+](=O)[O-])cc1. The van der Waals surface area contributed by atoms with Gasteiger partial charge in [-0.05, 0) is 24.3 Å². The lowest BCUT2D eigenvalue weighted by Crippen LogP contribution is -2.01. The molecule has 0 aliphatic carbocycles. The monoisotopic (exact) mass is 326 g/mol. The van der Waals surface area contributed by atoms with E-state index in [1.54, 1.807) is 12.1 Å². The van der Waals surface area contributed by atoms with Gasteiger partial charge in [0.05, 0.1) is 9.82 Å². The van der Waals surface area contributed by atoms with Crippen LogP contribution >= 0.6 is 11.8 Å². The summed E-state index contributed by atoms with van der Waals surface area (Å²) in [7, 11) is -3.28. The average molecular weight is 326 g/mol. The van der Waals surface area contributed by atoms with Gasteiger partial charge in [0.1, 0.15) is 6.33 Å². The second-order valence-corrected chi connectivity index (χ2v) is 7.09. The van der Waals surface area contributed by atoms with Gasteiger partial charge in [0.15, 0.2) is 14.9 Å². The van der Waals surface area contributed by atoms with Crippen molar-refractivity contribution in [3.05, 3.63) is 40.7 Å². The molecular formula is C11H10N4O4S2. The molecule has 10 heteroatoms. The third-order valence-electron chi connectivity index (χ3n) is 2.47. The van der Waals surface area contributed by atoms with Crippen molar-refractivity contribution in [1.82, 2.24) is 9.97 Å². The van der Waals surface area contributed by atoms with Crippen LogP contribution in [0.5, 0.6) is 0 Å². The summed E-state index contributed by atoms with van der Waals surface area (Å²) in [6.45, 7) is 0. The van der Waals surface area contributed by atoms with Gasteiger partial charge in [0, 0.05) is 11.2 Å². The molecule has 2 N–H and O–H groups in total. The largest absolute Gasteiger partial charge is 0.378 e. The summed E-state index contributed by atoms with van der Waals surface area (Å²) in [5.74, 6) is -0.217. The fraction of sp³-hybridized carbons (Fsp3) is 0.0909. The van der Waals surface area contributed by atoms with Crippen molar-refractivity contribution in [3.8, 4) is 0 Å². The second-order valence-electron chi connectivity index (χ2n) is 4.02. The number of benzene rings is 1. The Morgan fingerprint density at radius 1 is 1.24 bits per heavy atom. The van der Waals surface area contributed by atoms with Gasteiger partial charge in [-0.15, -0.1) is 0 Å². The Hall–Kier alpha value is -2.20. The normalized spacial score (nSPS) is 11.3. The predicted octanol–water partition coefficient (Wildman–Crippen LogP) is 1.52. The predicted molar refractivity (Wildman–Crippen MR) is 76.8 cm³/mol. The lowest BCUT2D eigenvalue weighted by atomic mass is 10.4. The quantitative estimate of drug-likeness (QED) is 0.508. The van der Waals surface area contributed by atoms with Crippen LogP contribution in [0.3, 0.4) is 0 Å². The van der Waals surface area contributed by atoms with E-state index in [2.05, 4.69) is 9.97 Å². The summed E-state index contributed by atoms with van der Waals surface area (Å²) in [4.78, 5) is 18.5. The van der Waals surface area contributed by atoms with Gasteiger partial charge in [0.25, 0.3) is 0 Å². The maximum Gasteiger partial charge on any atom is 0.343 e. The molecule has 0 spiro atoms. The molecule has 110 valence electrons. The van der Waals surface area contributed by atoms with Gasteiger partial charge in [-0.1, -0.05) is 11.8 Å². The molecular weight excluding hydrogens is 316 g/mol. The molecule has 2 rings (SSSR count). The van der Waals surface area contributed by atoms with Crippen LogP contribution in [0.4, 0.5) is 11.5 Å². The van der Waals surface area contributed by atoms with Crippen molar-refractivity contribution < 1.29 is 13.3 Å². The number of nitrogen functional groups attached to an aromatic ring is 1. The van der Waals surface area contributed by atoms with E-state index in [0.29, 0.717) is 4.90 Å². The number of sulfone groups is 1. The molecule has 21 heavy (non-hydrogen) atoms. The fourth-order valence-corrected chi connectivity index (χ4v) is 2.99. The van der Waals surface area contributed by atoms with Gasteiger partial charge in [-0.3, -0.25) is 10.1 Å². The van der Waals surface area contributed by atoms with E-state index in [4.69, 9.17) is 5.73 Å². The molecule has 1 heterocycles. The van der Waals surface area contributed by atoms with Crippen molar-refractivity contribution in [1.29, 1.82) is 0 Å². The third kappa shape index (κ3) is 3.47. The smallest absolute Gasteiger partial charge is 0.343 e. The van der Waals surface area contributed by atoms with Crippen LogP contribution in [0.1, 0.15) is 0 Å². The summed E-state index contributed by atoms with van der Waals surface area (Å²) in [6, 6.07) is 5.94. The summed E-state index contributed by atoms with van der Waals surface area (Å²) in [6.07, 6.45) is 2.24. The van der Waals surface area contributed by atoms with Crippen LogP contribution < -0.4 is 5.73 Å². The van der Waals surface area contributed by atoms with Crippen molar-refractivity contribution in [2.75, 3.05) is 12.0 Å². The molecule has 0 amide bonds. The molecule has 1 aromatic heterocycles.